The lowest BCUT2D eigenvalue weighted by Gasteiger charge is -2.30. The summed E-state index contributed by atoms with van der Waals surface area (Å²) in [6.07, 6.45) is 0. The zero-order valence-electron chi connectivity index (χ0n) is 16.6. The maximum absolute atomic E-state index is 13.3. The minimum Gasteiger partial charge on any atom is -0.323 e. The number of hydrogen-bond donors (Lipinski definition) is 1. The van der Waals surface area contributed by atoms with Crippen molar-refractivity contribution in [1.29, 1.82) is 0 Å². The summed E-state index contributed by atoms with van der Waals surface area (Å²) in [5.41, 5.74) is 2.20. The van der Waals surface area contributed by atoms with Gasteiger partial charge in [0.05, 0.1) is 27.0 Å². The van der Waals surface area contributed by atoms with Crippen molar-refractivity contribution in [2.45, 2.75) is 17.2 Å². The molecular weight excluding hydrogens is 428 g/mol. The molecular formula is C23H18N4O2S2. The van der Waals surface area contributed by atoms with Crippen LogP contribution in [0.1, 0.15) is 6.92 Å². The highest BCUT2D eigenvalue weighted by Gasteiger charge is 2.30. The first-order valence-corrected chi connectivity index (χ1v) is 11.5. The molecule has 5 rings (SSSR count). The van der Waals surface area contributed by atoms with Crippen molar-refractivity contribution in [3.05, 3.63) is 66.0 Å². The molecule has 6 nitrogen and oxygen atoms in total. The number of para-hydroxylation sites is 3. The Morgan fingerprint density at radius 2 is 1.90 bits per heavy atom. The van der Waals surface area contributed by atoms with E-state index in [1.165, 1.54) is 11.8 Å². The molecule has 31 heavy (non-hydrogen) atoms. The normalized spacial score (nSPS) is 14.2. The summed E-state index contributed by atoms with van der Waals surface area (Å²) in [7, 11) is 0. The van der Waals surface area contributed by atoms with Gasteiger partial charge in [0, 0.05) is 5.39 Å². The quantitative estimate of drug-likeness (QED) is 0.359. The Labute approximate surface area is 187 Å². The van der Waals surface area contributed by atoms with Gasteiger partial charge in [-0.25, -0.2) is 9.97 Å². The number of nitrogens with one attached hydrogen (secondary N) is 1. The number of carbonyl (C=O) groups is 2. The molecule has 0 unspecified atom stereocenters. The van der Waals surface area contributed by atoms with Crippen molar-refractivity contribution < 1.29 is 9.59 Å². The van der Waals surface area contributed by atoms with E-state index >= 15 is 0 Å². The number of thiophene rings is 1. The number of carbonyl (C=O) groups excluding carboxylic acids is 2. The highest BCUT2D eigenvalue weighted by Crippen LogP contribution is 2.35. The molecule has 0 spiro atoms. The van der Waals surface area contributed by atoms with Crippen molar-refractivity contribution in [2.24, 2.45) is 0 Å². The van der Waals surface area contributed by atoms with E-state index in [1.807, 2.05) is 66.9 Å². The molecule has 0 radical (unpaired) electrons. The minimum absolute atomic E-state index is 0.00567. The Morgan fingerprint density at radius 1 is 1.10 bits per heavy atom. The number of thioether (sulfide) groups is 1. The minimum atomic E-state index is -0.437. The molecule has 1 aliphatic heterocycles. The second-order valence-electron chi connectivity index (χ2n) is 7.10. The predicted molar refractivity (Wildman–Crippen MR) is 126 cm³/mol. The van der Waals surface area contributed by atoms with E-state index in [1.54, 1.807) is 22.3 Å². The lowest BCUT2D eigenvalue weighted by atomic mass is 10.2. The smallest absolute Gasteiger partial charge is 0.244 e. The standard InChI is InChI=1S/C23H18N4O2S2/c1-14(23(29)27-13-20(28)24-17-9-4-5-10-18(17)27)31-22-15-7-2-3-8-16(15)25-21(26-22)19-11-6-12-30-19/h2-12,14H,13H2,1H3,(H,24,28)/t14-/m1/s1. The molecule has 0 aliphatic carbocycles. The van der Waals surface area contributed by atoms with E-state index in [0.29, 0.717) is 17.2 Å². The van der Waals surface area contributed by atoms with Gasteiger partial charge < -0.3 is 5.32 Å². The Bertz CT molecular complexity index is 1290. The van der Waals surface area contributed by atoms with Crippen LogP contribution in [-0.2, 0) is 9.59 Å². The van der Waals surface area contributed by atoms with E-state index in [9.17, 15) is 9.59 Å². The first-order chi connectivity index (χ1) is 15.1. The Kier molecular flexibility index (Phi) is 5.17. The van der Waals surface area contributed by atoms with Gasteiger partial charge in [-0.1, -0.05) is 48.2 Å². The third-order valence-electron chi connectivity index (χ3n) is 4.98. The molecule has 1 atom stereocenters. The fourth-order valence-electron chi connectivity index (χ4n) is 3.52. The highest BCUT2D eigenvalue weighted by atomic mass is 32.2. The van der Waals surface area contributed by atoms with Gasteiger partial charge in [0.1, 0.15) is 11.6 Å². The zero-order valence-corrected chi connectivity index (χ0v) is 18.2. The molecule has 0 fully saturated rings. The Balaban J connectivity index is 1.49. The van der Waals surface area contributed by atoms with Gasteiger partial charge >= 0.3 is 0 Å². The Morgan fingerprint density at radius 3 is 2.74 bits per heavy atom. The lowest BCUT2D eigenvalue weighted by molar-refractivity contribution is -0.121. The average Bonchev–Trinajstić information content (AvgIpc) is 3.33. The summed E-state index contributed by atoms with van der Waals surface area (Å²) in [4.78, 5) is 37.5. The fraction of sp³-hybridized carbons (Fsp3) is 0.130. The van der Waals surface area contributed by atoms with Crippen molar-refractivity contribution in [1.82, 2.24) is 9.97 Å². The van der Waals surface area contributed by atoms with Gasteiger partial charge in [-0.05, 0) is 36.6 Å². The number of aromatic nitrogens is 2. The van der Waals surface area contributed by atoms with Gasteiger partial charge in [-0.3, -0.25) is 14.5 Å². The summed E-state index contributed by atoms with van der Waals surface area (Å²) in [6.45, 7) is 1.86. The van der Waals surface area contributed by atoms with Crippen LogP contribution in [0.2, 0.25) is 0 Å². The van der Waals surface area contributed by atoms with Crippen LogP contribution in [0.15, 0.2) is 71.1 Å². The number of nitrogens with zero attached hydrogens (tertiary/aromatic N) is 3. The second kappa shape index (κ2) is 8.13. The molecule has 0 bridgehead atoms. The topological polar surface area (TPSA) is 75.2 Å². The van der Waals surface area contributed by atoms with E-state index in [4.69, 9.17) is 9.97 Å². The van der Waals surface area contributed by atoms with E-state index in [0.717, 1.165) is 20.8 Å². The largest absolute Gasteiger partial charge is 0.323 e. The van der Waals surface area contributed by atoms with Crippen LogP contribution in [0.25, 0.3) is 21.6 Å². The molecule has 3 heterocycles. The molecule has 1 aliphatic rings. The van der Waals surface area contributed by atoms with E-state index < -0.39 is 5.25 Å². The number of amides is 2. The summed E-state index contributed by atoms with van der Waals surface area (Å²) in [5.74, 6) is 0.322. The summed E-state index contributed by atoms with van der Waals surface area (Å²) in [6, 6.07) is 19.1. The van der Waals surface area contributed by atoms with Crippen LogP contribution < -0.4 is 10.2 Å². The van der Waals surface area contributed by atoms with Crippen molar-refractivity contribution in [2.75, 3.05) is 16.8 Å². The van der Waals surface area contributed by atoms with Crippen LogP contribution in [0.5, 0.6) is 0 Å². The van der Waals surface area contributed by atoms with Gasteiger partial charge in [0.15, 0.2) is 5.82 Å². The lowest BCUT2D eigenvalue weighted by Crippen LogP contribution is -2.45. The van der Waals surface area contributed by atoms with Gasteiger partial charge in [-0.15, -0.1) is 11.3 Å². The van der Waals surface area contributed by atoms with Crippen LogP contribution in [0, 0.1) is 0 Å². The predicted octanol–water partition coefficient (Wildman–Crippen LogP) is 4.82. The zero-order chi connectivity index (χ0) is 21.4. The van der Waals surface area contributed by atoms with Crippen molar-refractivity contribution in [3.63, 3.8) is 0 Å². The first kappa shape index (κ1) is 19.7. The molecule has 154 valence electrons. The molecule has 2 aromatic carbocycles. The van der Waals surface area contributed by atoms with Crippen molar-refractivity contribution in [3.8, 4) is 10.7 Å². The number of benzene rings is 2. The SMILES string of the molecule is C[C@@H](Sc1nc(-c2cccs2)nc2ccccc12)C(=O)N1CC(=O)Nc2ccccc21. The average molecular weight is 447 g/mol. The highest BCUT2D eigenvalue weighted by molar-refractivity contribution is 8.00. The molecule has 4 aromatic rings. The van der Waals surface area contributed by atoms with Crippen LogP contribution in [-0.4, -0.2) is 33.6 Å². The molecule has 1 N–H and O–H groups in total. The van der Waals surface area contributed by atoms with Crippen LogP contribution in [0.4, 0.5) is 11.4 Å². The molecule has 2 amide bonds. The first-order valence-electron chi connectivity index (χ1n) is 9.78. The third kappa shape index (κ3) is 3.80. The molecule has 0 saturated carbocycles. The maximum Gasteiger partial charge on any atom is 0.244 e. The summed E-state index contributed by atoms with van der Waals surface area (Å²) in [5, 5.41) is 6.04. The molecule has 2 aromatic heterocycles. The second-order valence-corrected chi connectivity index (χ2v) is 9.37. The van der Waals surface area contributed by atoms with Crippen molar-refractivity contribution >= 4 is 57.2 Å². The summed E-state index contributed by atoms with van der Waals surface area (Å²) < 4.78 is 0. The fourth-order valence-corrected chi connectivity index (χ4v) is 5.18. The van der Waals surface area contributed by atoms with Crippen LogP contribution >= 0.6 is 23.1 Å². The van der Waals surface area contributed by atoms with Gasteiger partial charge in [0.25, 0.3) is 0 Å². The van der Waals surface area contributed by atoms with Crippen LogP contribution in [0.3, 0.4) is 0 Å². The third-order valence-corrected chi connectivity index (χ3v) is 6.94. The number of anilines is 2. The van der Waals surface area contributed by atoms with Gasteiger partial charge in [-0.2, -0.15) is 0 Å². The summed E-state index contributed by atoms with van der Waals surface area (Å²) >= 11 is 2.97. The number of hydrogen-bond acceptors (Lipinski definition) is 6. The molecule has 8 heteroatoms. The Hall–Kier alpha value is -3.23. The monoisotopic (exact) mass is 446 g/mol. The van der Waals surface area contributed by atoms with E-state index in [-0.39, 0.29) is 18.4 Å². The molecule has 0 saturated heterocycles. The van der Waals surface area contributed by atoms with E-state index in [2.05, 4.69) is 5.32 Å². The number of rotatable bonds is 4. The number of fused-ring (bicyclic) bond motifs is 2. The van der Waals surface area contributed by atoms with Gasteiger partial charge in [0.2, 0.25) is 11.8 Å². The maximum atomic E-state index is 13.3.